The Morgan fingerprint density at radius 3 is 2.39 bits per heavy atom. The highest BCUT2D eigenvalue weighted by atomic mass is 32.2. The third-order valence-electron chi connectivity index (χ3n) is 7.36. The van der Waals surface area contributed by atoms with Crippen LogP contribution in [-0.4, -0.2) is 20.6 Å². The third kappa shape index (κ3) is 2.85. The number of thioether (sulfide) groups is 1. The van der Waals surface area contributed by atoms with Gasteiger partial charge in [-0.05, 0) is 82.3 Å². The second-order valence-corrected chi connectivity index (χ2v) is 10.6. The summed E-state index contributed by atoms with van der Waals surface area (Å²) in [6.07, 6.45) is 7.30. The van der Waals surface area contributed by atoms with Gasteiger partial charge in [0.1, 0.15) is 0 Å². The smallest absolute Gasteiger partial charge is 0.262 e. The molecule has 5 heteroatoms. The van der Waals surface area contributed by atoms with Crippen LogP contribution < -0.4 is 5.56 Å². The zero-order valence-electron chi connectivity index (χ0n) is 16.7. The minimum absolute atomic E-state index is 0.00921. The fourth-order valence-corrected chi connectivity index (χ4v) is 7.74. The first kappa shape index (κ1) is 18.4. The van der Waals surface area contributed by atoms with Crippen LogP contribution in [0.15, 0.2) is 34.2 Å². The molecule has 0 amide bonds. The summed E-state index contributed by atoms with van der Waals surface area (Å²) in [5.41, 5.74) is 0.606. The number of para-hydroxylation sites is 1. The molecule has 4 nitrogen and oxygen atoms in total. The molecule has 1 unspecified atom stereocenters. The molecule has 0 aliphatic heterocycles. The Kier molecular flexibility index (Phi) is 4.42. The number of rotatable bonds is 5. The van der Waals surface area contributed by atoms with Gasteiger partial charge in [-0.25, -0.2) is 4.98 Å². The fourth-order valence-electron chi connectivity index (χ4n) is 6.57. The number of hydrogen-bond donors (Lipinski definition) is 0. The van der Waals surface area contributed by atoms with Crippen LogP contribution in [0.2, 0.25) is 0 Å². The summed E-state index contributed by atoms with van der Waals surface area (Å²) in [5, 5.41) is 1.16. The lowest BCUT2D eigenvalue weighted by Crippen LogP contribution is -2.51. The molecule has 4 aliphatic rings. The number of fused-ring (bicyclic) bond motifs is 1. The van der Waals surface area contributed by atoms with Crippen molar-refractivity contribution in [1.29, 1.82) is 0 Å². The molecule has 1 atom stereocenters. The molecule has 148 valence electrons. The van der Waals surface area contributed by atoms with E-state index in [1.165, 1.54) is 31.0 Å². The second-order valence-electron chi connectivity index (χ2n) is 9.28. The first-order valence-electron chi connectivity index (χ1n) is 10.7. The molecule has 0 spiro atoms. The van der Waals surface area contributed by atoms with Crippen LogP contribution in [0.4, 0.5) is 0 Å². The van der Waals surface area contributed by atoms with Crippen LogP contribution in [-0.2, 0) is 11.3 Å². The summed E-state index contributed by atoms with van der Waals surface area (Å²) in [6, 6.07) is 7.49. The summed E-state index contributed by atoms with van der Waals surface area (Å²) >= 11 is 1.48. The summed E-state index contributed by atoms with van der Waals surface area (Å²) in [4.78, 5) is 31.2. The predicted octanol–water partition coefficient (Wildman–Crippen LogP) is 4.68. The number of carbonyl (C=O) groups excluding carboxylic acids is 1. The van der Waals surface area contributed by atoms with Crippen LogP contribution >= 0.6 is 11.8 Å². The van der Waals surface area contributed by atoms with Gasteiger partial charge < -0.3 is 0 Å². The Balaban J connectivity index is 1.45. The first-order chi connectivity index (χ1) is 13.5. The van der Waals surface area contributed by atoms with E-state index in [9.17, 15) is 9.59 Å². The van der Waals surface area contributed by atoms with Crippen LogP contribution in [0.25, 0.3) is 10.9 Å². The Labute approximate surface area is 170 Å². The molecule has 4 fully saturated rings. The van der Waals surface area contributed by atoms with E-state index in [4.69, 9.17) is 4.98 Å². The normalized spacial score (nSPS) is 32.0. The van der Waals surface area contributed by atoms with E-state index in [2.05, 4.69) is 0 Å². The van der Waals surface area contributed by atoms with E-state index in [0.717, 1.165) is 37.0 Å². The van der Waals surface area contributed by atoms with Gasteiger partial charge in [0.25, 0.3) is 5.56 Å². The quantitative estimate of drug-likeness (QED) is 0.544. The second kappa shape index (κ2) is 6.72. The number of hydrogen-bond acceptors (Lipinski definition) is 4. The van der Waals surface area contributed by atoms with Crippen molar-refractivity contribution < 1.29 is 4.79 Å². The highest BCUT2D eigenvalue weighted by Crippen LogP contribution is 2.61. The van der Waals surface area contributed by atoms with E-state index in [-0.39, 0.29) is 16.2 Å². The molecule has 4 bridgehead atoms. The molecule has 0 N–H and O–H groups in total. The fraction of sp³-hybridized carbons (Fsp3) is 0.609. The Hall–Kier alpha value is -1.62. The van der Waals surface area contributed by atoms with Crippen LogP contribution in [0.3, 0.4) is 0 Å². The minimum atomic E-state index is -0.165. The SMILES string of the molecule is CCn1c(SC(C)C(=O)C23CC4CC(CC(C4)C2)C3)nc2ccccc2c1=O. The minimum Gasteiger partial charge on any atom is -0.298 e. The zero-order chi connectivity index (χ0) is 19.5. The van der Waals surface area contributed by atoms with Crippen molar-refractivity contribution in [2.24, 2.45) is 23.2 Å². The average molecular weight is 397 g/mol. The van der Waals surface area contributed by atoms with Gasteiger partial charge in [-0.1, -0.05) is 23.9 Å². The van der Waals surface area contributed by atoms with Crippen molar-refractivity contribution in [2.75, 3.05) is 0 Å². The molecular weight excluding hydrogens is 368 g/mol. The van der Waals surface area contributed by atoms with Crippen molar-refractivity contribution >= 4 is 28.4 Å². The lowest BCUT2D eigenvalue weighted by molar-refractivity contribution is -0.143. The predicted molar refractivity (Wildman–Crippen MR) is 113 cm³/mol. The molecule has 4 aliphatic carbocycles. The van der Waals surface area contributed by atoms with Crippen LogP contribution in [0, 0.1) is 23.2 Å². The molecule has 1 heterocycles. The lowest BCUT2D eigenvalue weighted by Gasteiger charge is -2.56. The number of Topliss-reactive ketones (excluding diaryl/α,β-unsaturated/α-hetero) is 1. The molecular formula is C23H28N2O2S. The summed E-state index contributed by atoms with van der Waals surface area (Å²) in [5.74, 6) is 2.70. The van der Waals surface area contributed by atoms with Gasteiger partial charge in [-0.2, -0.15) is 0 Å². The van der Waals surface area contributed by atoms with Gasteiger partial charge in [0, 0.05) is 12.0 Å². The summed E-state index contributed by atoms with van der Waals surface area (Å²) < 4.78 is 1.72. The number of nitrogens with zero attached hydrogens (tertiary/aromatic N) is 2. The number of benzene rings is 1. The van der Waals surface area contributed by atoms with Crippen LogP contribution in [0.5, 0.6) is 0 Å². The Morgan fingerprint density at radius 2 is 1.79 bits per heavy atom. The van der Waals surface area contributed by atoms with Gasteiger partial charge in [-0.15, -0.1) is 0 Å². The first-order valence-corrected chi connectivity index (χ1v) is 11.6. The van der Waals surface area contributed by atoms with Gasteiger partial charge in [0.2, 0.25) is 0 Å². The maximum absolute atomic E-state index is 13.6. The molecule has 4 saturated carbocycles. The molecule has 0 saturated heterocycles. The summed E-state index contributed by atoms with van der Waals surface area (Å²) in [6.45, 7) is 4.55. The largest absolute Gasteiger partial charge is 0.298 e. The van der Waals surface area contributed by atoms with E-state index in [1.807, 2.05) is 38.1 Å². The average Bonchev–Trinajstić information content (AvgIpc) is 2.66. The summed E-state index contributed by atoms with van der Waals surface area (Å²) in [7, 11) is 0. The molecule has 1 aromatic heterocycles. The lowest BCUT2D eigenvalue weighted by atomic mass is 9.48. The Bertz CT molecular complexity index is 960. The maximum Gasteiger partial charge on any atom is 0.262 e. The molecule has 1 aromatic carbocycles. The highest BCUT2D eigenvalue weighted by Gasteiger charge is 2.55. The van der Waals surface area contributed by atoms with Crippen molar-refractivity contribution in [1.82, 2.24) is 9.55 Å². The third-order valence-corrected chi connectivity index (χ3v) is 8.45. The van der Waals surface area contributed by atoms with E-state index in [0.29, 0.717) is 28.4 Å². The van der Waals surface area contributed by atoms with Gasteiger partial charge in [0.15, 0.2) is 10.9 Å². The zero-order valence-corrected chi connectivity index (χ0v) is 17.5. The molecule has 6 rings (SSSR count). The van der Waals surface area contributed by atoms with Crippen molar-refractivity contribution in [3.63, 3.8) is 0 Å². The highest BCUT2D eigenvalue weighted by molar-refractivity contribution is 8.00. The molecule has 2 aromatic rings. The Morgan fingerprint density at radius 1 is 1.18 bits per heavy atom. The van der Waals surface area contributed by atoms with Crippen molar-refractivity contribution in [3.05, 3.63) is 34.6 Å². The van der Waals surface area contributed by atoms with E-state index < -0.39 is 0 Å². The van der Waals surface area contributed by atoms with Crippen LogP contribution in [0.1, 0.15) is 52.4 Å². The van der Waals surface area contributed by atoms with Gasteiger partial charge in [-0.3, -0.25) is 14.2 Å². The topological polar surface area (TPSA) is 52.0 Å². The monoisotopic (exact) mass is 396 g/mol. The molecule has 28 heavy (non-hydrogen) atoms. The van der Waals surface area contributed by atoms with Crippen molar-refractivity contribution in [2.45, 2.75) is 69.3 Å². The van der Waals surface area contributed by atoms with Gasteiger partial charge >= 0.3 is 0 Å². The number of carbonyl (C=O) groups is 1. The number of ketones is 1. The maximum atomic E-state index is 13.6. The number of aromatic nitrogens is 2. The van der Waals surface area contributed by atoms with E-state index >= 15 is 0 Å². The van der Waals surface area contributed by atoms with E-state index in [1.54, 1.807) is 4.57 Å². The molecule has 0 radical (unpaired) electrons. The van der Waals surface area contributed by atoms with Gasteiger partial charge in [0.05, 0.1) is 16.2 Å². The standard InChI is InChI=1S/C23H28N2O2S/c1-3-25-21(27)18-6-4-5-7-19(18)24-22(25)28-14(2)20(26)23-11-15-8-16(12-23)10-17(9-15)13-23/h4-7,14-17H,3,8-13H2,1-2H3. The van der Waals surface area contributed by atoms with Crippen molar-refractivity contribution in [3.8, 4) is 0 Å².